The maximum Gasteiger partial charge on any atom is 0.315 e. The number of benzene rings is 1. The average Bonchev–Trinajstić information content (AvgIpc) is 2.74. The molecule has 3 rings (SSSR count). The summed E-state index contributed by atoms with van der Waals surface area (Å²) in [5.74, 6) is 3.98. The van der Waals surface area contributed by atoms with Gasteiger partial charge in [-0.3, -0.25) is 14.4 Å². The van der Waals surface area contributed by atoms with Gasteiger partial charge in [-0.2, -0.15) is 8.78 Å². The number of amides is 1. The van der Waals surface area contributed by atoms with Crippen LogP contribution in [0.2, 0.25) is 0 Å². The standard InChI is InChI=1S/C24H27F2NO4/c1-4-5-15-10-14(2)21(20(11-15)31-3)22-18(28)12-17(13-19(22)29)16-6-8-27(9-7-16)24(30)23(25)26/h10-11,16-17,22-23H,6-9,12-13H2,1-3H3. The molecule has 1 heterocycles. The van der Waals surface area contributed by atoms with Crippen LogP contribution in [0.25, 0.3) is 0 Å². The molecule has 2 fully saturated rings. The Kier molecular flexibility index (Phi) is 7.09. The third-order valence-corrected chi connectivity index (χ3v) is 6.40. The van der Waals surface area contributed by atoms with E-state index < -0.39 is 18.3 Å². The lowest BCUT2D eigenvalue weighted by Crippen LogP contribution is -2.44. The smallest absolute Gasteiger partial charge is 0.315 e. The Labute approximate surface area is 181 Å². The zero-order valence-electron chi connectivity index (χ0n) is 18.0. The second kappa shape index (κ2) is 9.59. The number of halogens is 2. The molecule has 0 N–H and O–H groups in total. The minimum Gasteiger partial charge on any atom is -0.496 e. The van der Waals surface area contributed by atoms with E-state index in [9.17, 15) is 23.2 Å². The summed E-state index contributed by atoms with van der Waals surface area (Å²) in [5, 5.41) is 0. The lowest BCUT2D eigenvalue weighted by molar-refractivity contribution is -0.145. The Hall–Kier alpha value is -2.75. The van der Waals surface area contributed by atoms with Crippen LogP contribution in [0.1, 0.15) is 55.2 Å². The number of ketones is 2. The number of hydrogen-bond acceptors (Lipinski definition) is 4. The van der Waals surface area contributed by atoms with Gasteiger partial charge in [0.1, 0.15) is 23.2 Å². The van der Waals surface area contributed by atoms with Crippen LogP contribution in [0, 0.1) is 30.6 Å². The molecule has 0 radical (unpaired) electrons. The molecule has 31 heavy (non-hydrogen) atoms. The highest BCUT2D eigenvalue weighted by Gasteiger charge is 2.42. The van der Waals surface area contributed by atoms with Crippen LogP contribution in [-0.2, 0) is 14.4 Å². The minimum absolute atomic E-state index is 0.0702. The van der Waals surface area contributed by atoms with Crippen LogP contribution < -0.4 is 4.74 Å². The van der Waals surface area contributed by atoms with Gasteiger partial charge in [0, 0.05) is 37.1 Å². The molecule has 0 unspecified atom stereocenters. The summed E-state index contributed by atoms with van der Waals surface area (Å²) in [6.07, 6.45) is -1.41. The summed E-state index contributed by atoms with van der Waals surface area (Å²) >= 11 is 0. The van der Waals surface area contributed by atoms with Gasteiger partial charge < -0.3 is 9.64 Å². The summed E-state index contributed by atoms with van der Waals surface area (Å²) in [6, 6.07) is 3.61. The molecule has 5 nitrogen and oxygen atoms in total. The predicted octanol–water partition coefficient (Wildman–Crippen LogP) is 3.51. The van der Waals surface area contributed by atoms with Gasteiger partial charge in [0.05, 0.1) is 7.11 Å². The number of piperidine rings is 1. The number of carbonyl (C=O) groups is 3. The van der Waals surface area contributed by atoms with E-state index >= 15 is 0 Å². The Morgan fingerprint density at radius 1 is 1.13 bits per heavy atom. The molecule has 0 atom stereocenters. The van der Waals surface area contributed by atoms with Gasteiger partial charge in [-0.05, 0) is 56.2 Å². The molecular weight excluding hydrogens is 404 g/mol. The molecule has 2 aliphatic rings. The number of nitrogens with zero attached hydrogens (tertiary/aromatic N) is 1. The van der Waals surface area contributed by atoms with E-state index in [2.05, 4.69) is 11.8 Å². The van der Waals surface area contributed by atoms with Crippen molar-refractivity contribution >= 4 is 17.5 Å². The number of Topliss-reactive ketones (excluding diaryl/α,β-unsaturated/α-hetero) is 2. The Balaban J connectivity index is 1.74. The first-order valence-corrected chi connectivity index (χ1v) is 10.5. The summed E-state index contributed by atoms with van der Waals surface area (Å²) in [4.78, 5) is 38.8. The number of aryl methyl sites for hydroxylation is 1. The molecule has 0 bridgehead atoms. The molecule has 0 spiro atoms. The predicted molar refractivity (Wildman–Crippen MR) is 111 cm³/mol. The van der Waals surface area contributed by atoms with Gasteiger partial charge in [-0.25, -0.2) is 0 Å². The van der Waals surface area contributed by atoms with Crippen molar-refractivity contribution in [2.24, 2.45) is 11.8 Å². The van der Waals surface area contributed by atoms with Crippen LogP contribution in [0.5, 0.6) is 5.75 Å². The minimum atomic E-state index is -3.00. The van der Waals surface area contributed by atoms with Crippen molar-refractivity contribution < 1.29 is 27.9 Å². The average molecular weight is 431 g/mol. The van der Waals surface area contributed by atoms with Crippen molar-refractivity contribution in [3.63, 3.8) is 0 Å². The van der Waals surface area contributed by atoms with Gasteiger partial charge in [0.2, 0.25) is 0 Å². The third-order valence-electron chi connectivity index (χ3n) is 6.40. The van der Waals surface area contributed by atoms with Crippen molar-refractivity contribution in [2.45, 2.75) is 51.9 Å². The van der Waals surface area contributed by atoms with E-state index in [4.69, 9.17) is 4.74 Å². The normalized spacial score (nSPS) is 22.3. The van der Waals surface area contributed by atoms with Crippen molar-refractivity contribution in [3.8, 4) is 17.6 Å². The number of hydrogen-bond donors (Lipinski definition) is 0. The van der Waals surface area contributed by atoms with Crippen LogP contribution in [-0.4, -0.2) is 49.0 Å². The van der Waals surface area contributed by atoms with Gasteiger partial charge in [-0.15, -0.1) is 5.92 Å². The quantitative estimate of drug-likeness (QED) is 0.541. The second-order valence-electron chi connectivity index (χ2n) is 8.28. The Bertz CT molecular complexity index is 921. The molecule has 7 heteroatoms. The summed E-state index contributed by atoms with van der Waals surface area (Å²) in [7, 11) is 1.51. The van der Waals surface area contributed by atoms with Gasteiger partial charge in [-0.1, -0.05) is 5.92 Å². The van der Waals surface area contributed by atoms with E-state index in [1.54, 1.807) is 13.0 Å². The lowest BCUT2D eigenvalue weighted by Gasteiger charge is -2.38. The highest BCUT2D eigenvalue weighted by Crippen LogP contribution is 2.41. The van der Waals surface area contributed by atoms with Crippen molar-refractivity contribution in [1.82, 2.24) is 4.90 Å². The lowest BCUT2D eigenvalue weighted by atomic mass is 9.69. The monoisotopic (exact) mass is 431 g/mol. The first-order chi connectivity index (χ1) is 14.8. The summed E-state index contributed by atoms with van der Waals surface area (Å²) in [5.41, 5.74) is 2.16. The molecule has 166 valence electrons. The fourth-order valence-electron chi connectivity index (χ4n) is 4.91. The number of methoxy groups -OCH3 is 1. The van der Waals surface area contributed by atoms with E-state index in [-0.39, 0.29) is 49.3 Å². The maximum absolute atomic E-state index is 13.1. The molecule has 1 aromatic rings. The zero-order valence-corrected chi connectivity index (χ0v) is 18.0. The van der Waals surface area contributed by atoms with Crippen molar-refractivity contribution in [2.75, 3.05) is 20.2 Å². The van der Waals surface area contributed by atoms with Gasteiger partial charge in [0.15, 0.2) is 0 Å². The third kappa shape index (κ3) is 4.79. The fraction of sp³-hybridized carbons (Fsp3) is 0.542. The molecule has 1 saturated carbocycles. The number of likely N-dealkylation sites (tertiary alicyclic amines) is 1. The van der Waals surface area contributed by atoms with Crippen LogP contribution in [0.15, 0.2) is 12.1 Å². The SMILES string of the molecule is CC#Cc1cc(C)c(C2C(=O)CC(C3CCN(C(=O)C(F)F)CC3)CC2=O)c(OC)c1. The van der Waals surface area contributed by atoms with Crippen molar-refractivity contribution in [3.05, 3.63) is 28.8 Å². The fourth-order valence-corrected chi connectivity index (χ4v) is 4.91. The highest BCUT2D eigenvalue weighted by molar-refractivity contribution is 6.10. The van der Waals surface area contributed by atoms with E-state index in [1.165, 1.54) is 12.0 Å². The molecule has 1 aliphatic heterocycles. The molecule has 1 aromatic carbocycles. The first kappa shape index (κ1) is 22.9. The molecule has 1 aliphatic carbocycles. The molecule has 0 aromatic heterocycles. The first-order valence-electron chi connectivity index (χ1n) is 10.5. The number of ether oxygens (including phenoxy) is 1. The molecule has 1 saturated heterocycles. The second-order valence-corrected chi connectivity index (χ2v) is 8.28. The van der Waals surface area contributed by atoms with Crippen LogP contribution >= 0.6 is 0 Å². The Morgan fingerprint density at radius 3 is 2.26 bits per heavy atom. The Morgan fingerprint density at radius 2 is 1.74 bits per heavy atom. The topological polar surface area (TPSA) is 63.7 Å². The van der Waals surface area contributed by atoms with E-state index in [1.807, 2.05) is 13.0 Å². The number of rotatable bonds is 4. The zero-order chi connectivity index (χ0) is 22.7. The van der Waals surface area contributed by atoms with Crippen LogP contribution in [0.4, 0.5) is 8.78 Å². The summed E-state index contributed by atoms with van der Waals surface area (Å²) in [6.45, 7) is 4.06. The number of alkyl halides is 2. The summed E-state index contributed by atoms with van der Waals surface area (Å²) < 4.78 is 30.8. The van der Waals surface area contributed by atoms with Gasteiger partial charge >= 0.3 is 6.43 Å². The largest absolute Gasteiger partial charge is 0.496 e. The van der Waals surface area contributed by atoms with Crippen LogP contribution in [0.3, 0.4) is 0 Å². The maximum atomic E-state index is 13.1. The van der Waals surface area contributed by atoms with E-state index in [0.717, 1.165) is 11.1 Å². The molecule has 1 amide bonds. The van der Waals surface area contributed by atoms with Gasteiger partial charge in [0.25, 0.3) is 5.91 Å². The molecular formula is C24H27F2NO4. The van der Waals surface area contributed by atoms with E-state index in [0.29, 0.717) is 24.2 Å². The highest BCUT2D eigenvalue weighted by atomic mass is 19.3. The van der Waals surface area contributed by atoms with Crippen molar-refractivity contribution in [1.29, 1.82) is 0 Å². The number of carbonyl (C=O) groups excluding carboxylic acids is 3.